The SMILES string of the molecule is C=C(OC)c1ccc2c(c1)I=C(c1cccnc1)O2. The van der Waals surface area contributed by atoms with Gasteiger partial charge in [-0.1, -0.05) is 6.58 Å². The highest BCUT2D eigenvalue weighted by Gasteiger charge is 2.17. The van der Waals surface area contributed by atoms with E-state index >= 15 is 0 Å². The summed E-state index contributed by atoms with van der Waals surface area (Å²) in [7, 11) is 1.63. The monoisotopic (exact) mass is 365 g/mol. The van der Waals surface area contributed by atoms with Crippen LogP contribution < -0.4 is 4.74 Å². The van der Waals surface area contributed by atoms with Crippen LogP contribution in [0.25, 0.3) is 5.76 Å². The molecule has 0 spiro atoms. The standard InChI is InChI=1S/C15H12INO2/c1-10(18-2)11-5-6-14-13(8-11)16-15(19-14)12-4-3-7-17-9-12/h3-9H,1H2,2H3. The average molecular weight is 365 g/mol. The van der Waals surface area contributed by atoms with E-state index in [9.17, 15) is 0 Å². The smallest absolute Gasteiger partial charge is 0.168 e. The number of rotatable bonds is 3. The van der Waals surface area contributed by atoms with Crippen LogP contribution in [-0.4, -0.2) is 15.8 Å². The number of hydrogen-bond acceptors (Lipinski definition) is 3. The van der Waals surface area contributed by atoms with E-state index in [1.807, 2.05) is 30.5 Å². The molecule has 1 aliphatic heterocycles. The van der Waals surface area contributed by atoms with Crippen molar-refractivity contribution >= 4 is 30.2 Å². The third-order valence-electron chi connectivity index (χ3n) is 2.78. The molecule has 2 aromatic rings. The fourth-order valence-corrected chi connectivity index (χ4v) is 4.30. The first-order chi connectivity index (χ1) is 9.28. The molecule has 96 valence electrons. The molecule has 3 nitrogen and oxygen atoms in total. The summed E-state index contributed by atoms with van der Waals surface area (Å²) in [5.74, 6) is 1.63. The van der Waals surface area contributed by atoms with Crippen molar-refractivity contribution in [2.75, 3.05) is 7.11 Å². The van der Waals surface area contributed by atoms with Crippen LogP contribution in [0.2, 0.25) is 0 Å². The molecule has 1 aromatic heterocycles. The van der Waals surface area contributed by atoms with E-state index in [2.05, 4.69) is 17.6 Å². The average Bonchev–Trinajstić information content (AvgIpc) is 2.90. The Labute approximate surface area is 121 Å². The first-order valence-corrected chi connectivity index (χ1v) is 7.91. The third kappa shape index (κ3) is 2.40. The lowest BCUT2D eigenvalue weighted by molar-refractivity contribution is 0.371. The minimum atomic E-state index is -0.312. The minimum Gasteiger partial charge on any atom is -0.497 e. The summed E-state index contributed by atoms with van der Waals surface area (Å²) >= 11 is -0.312. The van der Waals surface area contributed by atoms with E-state index in [0.29, 0.717) is 5.76 Å². The molecule has 0 bridgehead atoms. The van der Waals surface area contributed by atoms with Crippen LogP contribution in [0.4, 0.5) is 0 Å². The van der Waals surface area contributed by atoms with Crippen molar-refractivity contribution in [1.82, 2.24) is 4.98 Å². The van der Waals surface area contributed by atoms with Crippen LogP contribution in [0.3, 0.4) is 0 Å². The molecule has 0 amide bonds. The maximum absolute atomic E-state index is 5.92. The maximum atomic E-state index is 5.92. The van der Waals surface area contributed by atoms with Crippen LogP contribution in [0, 0.1) is 3.57 Å². The van der Waals surface area contributed by atoms with E-state index in [1.165, 1.54) is 3.57 Å². The number of methoxy groups -OCH3 is 1. The van der Waals surface area contributed by atoms with Gasteiger partial charge in [-0.3, -0.25) is 4.98 Å². The fraction of sp³-hybridized carbons (Fsp3) is 0.0667. The van der Waals surface area contributed by atoms with Gasteiger partial charge in [0, 0.05) is 23.5 Å². The maximum Gasteiger partial charge on any atom is 0.168 e. The van der Waals surface area contributed by atoms with Gasteiger partial charge in [-0.2, -0.15) is 0 Å². The van der Waals surface area contributed by atoms with Crippen molar-refractivity contribution in [3.8, 4) is 5.75 Å². The Morgan fingerprint density at radius 3 is 3.00 bits per heavy atom. The van der Waals surface area contributed by atoms with Gasteiger partial charge in [-0.05, 0) is 51.1 Å². The molecular formula is C15H12INO2. The summed E-state index contributed by atoms with van der Waals surface area (Å²) in [6, 6.07) is 10.0. The van der Waals surface area contributed by atoms with Gasteiger partial charge in [0.15, 0.2) is 3.69 Å². The second kappa shape index (κ2) is 5.13. The van der Waals surface area contributed by atoms with Gasteiger partial charge in [0.2, 0.25) is 0 Å². The van der Waals surface area contributed by atoms with Gasteiger partial charge in [-0.15, -0.1) is 0 Å². The third-order valence-corrected chi connectivity index (χ3v) is 5.53. The largest absolute Gasteiger partial charge is 0.497 e. The zero-order chi connectivity index (χ0) is 13.2. The van der Waals surface area contributed by atoms with Gasteiger partial charge in [0.05, 0.1) is 10.7 Å². The molecule has 0 aliphatic carbocycles. The minimum absolute atomic E-state index is 0.312. The van der Waals surface area contributed by atoms with Crippen molar-refractivity contribution in [2.45, 2.75) is 0 Å². The summed E-state index contributed by atoms with van der Waals surface area (Å²) in [6.07, 6.45) is 3.61. The lowest BCUT2D eigenvalue weighted by Gasteiger charge is -2.06. The zero-order valence-electron chi connectivity index (χ0n) is 10.4. The molecule has 0 saturated carbocycles. The Morgan fingerprint density at radius 2 is 2.26 bits per heavy atom. The molecule has 0 atom stereocenters. The predicted molar refractivity (Wildman–Crippen MR) is 84.2 cm³/mol. The number of benzene rings is 1. The first kappa shape index (κ1) is 12.3. The van der Waals surface area contributed by atoms with Crippen LogP contribution in [0.5, 0.6) is 5.75 Å². The number of nitrogens with zero attached hydrogens (tertiary/aromatic N) is 1. The molecule has 19 heavy (non-hydrogen) atoms. The number of aromatic nitrogens is 1. The number of ether oxygens (including phenoxy) is 2. The Bertz CT molecular complexity index is 665. The highest BCUT2D eigenvalue weighted by molar-refractivity contribution is 14.2. The fourth-order valence-electron chi connectivity index (χ4n) is 1.75. The Balaban J connectivity index is 1.96. The zero-order valence-corrected chi connectivity index (χ0v) is 12.5. The van der Waals surface area contributed by atoms with Crippen LogP contribution in [-0.2, 0) is 4.74 Å². The van der Waals surface area contributed by atoms with Crippen molar-refractivity contribution in [1.29, 1.82) is 0 Å². The van der Waals surface area contributed by atoms with E-state index in [0.717, 1.165) is 20.6 Å². The Hall–Kier alpha value is -1.69. The highest BCUT2D eigenvalue weighted by Crippen LogP contribution is 2.36. The van der Waals surface area contributed by atoms with E-state index in [-0.39, 0.29) is 20.7 Å². The van der Waals surface area contributed by atoms with Crippen molar-refractivity contribution < 1.29 is 9.47 Å². The molecule has 2 heterocycles. The van der Waals surface area contributed by atoms with Crippen LogP contribution in [0.1, 0.15) is 11.1 Å². The second-order valence-corrected chi connectivity index (χ2v) is 6.67. The topological polar surface area (TPSA) is 31.4 Å². The summed E-state index contributed by atoms with van der Waals surface area (Å²) in [4.78, 5) is 4.13. The molecule has 0 N–H and O–H groups in total. The molecule has 3 rings (SSSR count). The summed E-state index contributed by atoms with van der Waals surface area (Å²) in [5.41, 5.74) is 2.08. The van der Waals surface area contributed by atoms with Gasteiger partial charge in [-0.25, -0.2) is 0 Å². The normalized spacial score (nSPS) is 12.8. The predicted octanol–water partition coefficient (Wildman–Crippen LogP) is 3.41. The van der Waals surface area contributed by atoms with Crippen molar-refractivity contribution in [3.63, 3.8) is 0 Å². The van der Waals surface area contributed by atoms with Crippen LogP contribution in [0.15, 0.2) is 49.3 Å². The van der Waals surface area contributed by atoms with Gasteiger partial charge in [0.1, 0.15) is 11.5 Å². The van der Waals surface area contributed by atoms with E-state index in [4.69, 9.17) is 9.47 Å². The number of halogens is 1. The Morgan fingerprint density at radius 1 is 1.37 bits per heavy atom. The van der Waals surface area contributed by atoms with Crippen LogP contribution >= 0.6 is 20.7 Å². The molecule has 0 unspecified atom stereocenters. The molecule has 4 heteroatoms. The number of hydrogen-bond donors (Lipinski definition) is 0. The van der Waals surface area contributed by atoms with Gasteiger partial charge >= 0.3 is 0 Å². The van der Waals surface area contributed by atoms with Gasteiger partial charge in [0.25, 0.3) is 0 Å². The Kier molecular flexibility index (Phi) is 3.33. The van der Waals surface area contributed by atoms with Crippen molar-refractivity contribution in [2.24, 2.45) is 0 Å². The number of fused-ring (bicyclic) bond motifs is 1. The summed E-state index contributed by atoms with van der Waals surface area (Å²) in [5, 5.41) is 0. The van der Waals surface area contributed by atoms with E-state index in [1.54, 1.807) is 13.3 Å². The van der Waals surface area contributed by atoms with Gasteiger partial charge < -0.3 is 9.47 Å². The lowest BCUT2D eigenvalue weighted by atomic mass is 10.2. The summed E-state index contributed by atoms with van der Waals surface area (Å²) in [6.45, 7) is 3.88. The molecule has 1 aromatic carbocycles. The second-order valence-electron chi connectivity index (χ2n) is 3.98. The quantitative estimate of drug-likeness (QED) is 0.617. The molecule has 0 fully saturated rings. The summed E-state index contributed by atoms with van der Waals surface area (Å²) < 4.78 is 13.4. The highest BCUT2D eigenvalue weighted by atomic mass is 127. The van der Waals surface area contributed by atoms with E-state index < -0.39 is 0 Å². The molecule has 0 radical (unpaired) electrons. The molecule has 1 aliphatic rings. The first-order valence-electron chi connectivity index (χ1n) is 5.75. The molecular weight excluding hydrogens is 353 g/mol. The number of pyridine rings is 1. The lowest BCUT2D eigenvalue weighted by Crippen LogP contribution is -2.04. The van der Waals surface area contributed by atoms with Crippen molar-refractivity contribution in [3.05, 3.63) is 64.0 Å². The molecule has 0 saturated heterocycles.